The Bertz CT molecular complexity index is 390. The highest BCUT2D eigenvalue weighted by Gasteiger charge is 2.09. The fourth-order valence-corrected chi connectivity index (χ4v) is 1.12. The highest BCUT2D eigenvalue weighted by molar-refractivity contribution is 5.89. The quantitative estimate of drug-likeness (QED) is 0.762. The van der Waals surface area contributed by atoms with Crippen LogP contribution in [0.25, 0.3) is 0 Å². The lowest BCUT2D eigenvalue weighted by Gasteiger charge is -2.08. The maximum Gasteiger partial charge on any atom is 0.336 e. The molecule has 0 spiro atoms. The summed E-state index contributed by atoms with van der Waals surface area (Å²) in [6.45, 7) is 1.96. The molecule has 0 radical (unpaired) electrons. The van der Waals surface area contributed by atoms with Gasteiger partial charge >= 0.3 is 5.97 Å². The molecule has 1 aromatic carbocycles. The van der Waals surface area contributed by atoms with E-state index in [1.165, 1.54) is 0 Å². The summed E-state index contributed by atoms with van der Waals surface area (Å²) >= 11 is 0. The first-order valence-corrected chi connectivity index (χ1v) is 4.54. The molecule has 0 aromatic heterocycles. The zero-order valence-electron chi connectivity index (χ0n) is 8.43. The number of carboxylic acids is 1. The van der Waals surface area contributed by atoms with Crippen LogP contribution in [0.5, 0.6) is 0 Å². The van der Waals surface area contributed by atoms with Crippen LogP contribution in [-0.4, -0.2) is 17.2 Å². The van der Waals surface area contributed by atoms with E-state index in [1.807, 2.05) is 0 Å². The number of ether oxygens (including phenoxy) is 1. The fourth-order valence-electron chi connectivity index (χ4n) is 1.12. The van der Waals surface area contributed by atoms with Gasteiger partial charge in [0.15, 0.2) is 0 Å². The predicted octanol–water partition coefficient (Wildman–Crippen LogP) is 1.92. The first kappa shape index (κ1) is 11.3. The molecule has 1 rings (SSSR count). The third-order valence-corrected chi connectivity index (χ3v) is 1.97. The fraction of sp³-hybridized carbons (Fsp3) is 0.250. The van der Waals surface area contributed by atoms with Crippen molar-refractivity contribution in [2.75, 3.05) is 0 Å². The Morgan fingerprint density at radius 2 is 2.27 bits per heavy atom. The third kappa shape index (κ3) is 3.12. The second kappa shape index (κ2) is 5.18. The van der Waals surface area contributed by atoms with Crippen molar-refractivity contribution >= 4 is 5.97 Å². The number of hydrogen-bond donors (Lipinski definition) is 1. The summed E-state index contributed by atoms with van der Waals surface area (Å²) < 4.78 is 5.27. The van der Waals surface area contributed by atoms with Gasteiger partial charge in [0.1, 0.15) is 6.10 Å². The van der Waals surface area contributed by atoms with E-state index in [-0.39, 0.29) is 18.3 Å². The lowest BCUT2D eigenvalue weighted by molar-refractivity contribution is 0.0675. The molecule has 3 heteroatoms. The van der Waals surface area contributed by atoms with Gasteiger partial charge < -0.3 is 9.84 Å². The van der Waals surface area contributed by atoms with Crippen LogP contribution >= 0.6 is 0 Å². The Morgan fingerprint density at radius 3 is 2.87 bits per heavy atom. The summed E-state index contributed by atoms with van der Waals surface area (Å²) in [5.41, 5.74) is 0.883. The zero-order valence-corrected chi connectivity index (χ0v) is 8.43. The van der Waals surface area contributed by atoms with Gasteiger partial charge in [0.05, 0.1) is 12.2 Å². The van der Waals surface area contributed by atoms with Gasteiger partial charge in [-0.05, 0) is 18.6 Å². The molecular formula is C12H12O3. The van der Waals surface area contributed by atoms with Gasteiger partial charge in [0, 0.05) is 0 Å². The summed E-state index contributed by atoms with van der Waals surface area (Å²) in [6, 6.07) is 6.71. The minimum atomic E-state index is -0.956. The SMILES string of the molecule is C#CC(C)OCc1ccccc1C(=O)O. The van der Waals surface area contributed by atoms with E-state index in [1.54, 1.807) is 31.2 Å². The second-order valence-electron chi connectivity index (χ2n) is 3.08. The van der Waals surface area contributed by atoms with Crippen molar-refractivity contribution < 1.29 is 14.6 Å². The Hall–Kier alpha value is -1.79. The molecular weight excluding hydrogens is 192 g/mol. The van der Waals surface area contributed by atoms with Crippen LogP contribution in [0.4, 0.5) is 0 Å². The molecule has 3 nitrogen and oxygen atoms in total. The molecule has 15 heavy (non-hydrogen) atoms. The largest absolute Gasteiger partial charge is 0.478 e. The maximum atomic E-state index is 10.8. The molecule has 0 amide bonds. The van der Waals surface area contributed by atoms with E-state index in [0.717, 1.165) is 0 Å². The van der Waals surface area contributed by atoms with Crippen molar-refractivity contribution in [2.45, 2.75) is 19.6 Å². The molecule has 0 bridgehead atoms. The average molecular weight is 204 g/mol. The van der Waals surface area contributed by atoms with Crippen LogP contribution < -0.4 is 0 Å². The van der Waals surface area contributed by atoms with Crippen molar-refractivity contribution in [3.63, 3.8) is 0 Å². The first-order valence-electron chi connectivity index (χ1n) is 4.54. The molecule has 1 unspecified atom stereocenters. The Balaban J connectivity index is 2.77. The summed E-state index contributed by atoms with van der Waals surface area (Å²) in [5, 5.41) is 8.89. The Labute approximate surface area is 88.7 Å². The average Bonchev–Trinajstić information content (AvgIpc) is 2.26. The molecule has 0 aliphatic heterocycles. The molecule has 0 fully saturated rings. The van der Waals surface area contributed by atoms with E-state index in [2.05, 4.69) is 5.92 Å². The maximum absolute atomic E-state index is 10.8. The zero-order chi connectivity index (χ0) is 11.3. The molecule has 0 heterocycles. The van der Waals surface area contributed by atoms with Crippen molar-refractivity contribution in [3.8, 4) is 12.3 Å². The number of benzene rings is 1. The molecule has 0 aliphatic rings. The number of carboxylic acid groups (broad SMARTS) is 1. The summed E-state index contributed by atoms with van der Waals surface area (Å²) in [5.74, 6) is 1.46. The van der Waals surface area contributed by atoms with Crippen LogP contribution in [0.1, 0.15) is 22.8 Å². The first-order chi connectivity index (χ1) is 7.15. The van der Waals surface area contributed by atoms with Crippen LogP contribution in [-0.2, 0) is 11.3 Å². The molecule has 0 aliphatic carbocycles. The van der Waals surface area contributed by atoms with Gasteiger partial charge in [-0.1, -0.05) is 24.1 Å². The van der Waals surface area contributed by atoms with Crippen LogP contribution in [0.3, 0.4) is 0 Å². The number of hydrogen-bond acceptors (Lipinski definition) is 2. The molecule has 0 saturated carbocycles. The highest BCUT2D eigenvalue weighted by atomic mass is 16.5. The molecule has 1 aromatic rings. The van der Waals surface area contributed by atoms with Crippen molar-refractivity contribution in [1.82, 2.24) is 0 Å². The van der Waals surface area contributed by atoms with Crippen molar-refractivity contribution in [2.24, 2.45) is 0 Å². The summed E-state index contributed by atoms with van der Waals surface area (Å²) in [7, 11) is 0. The Kier molecular flexibility index (Phi) is 3.90. The van der Waals surface area contributed by atoms with E-state index in [4.69, 9.17) is 16.3 Å². The third-order valence-electron chi connectivity index (χ3n) is 1.97. The summed E-state index contributed by atoms with van der Waals surface area (Å²) in [4.78, 5) is 10.8. The second-order valence-corrected chi connectivity index (χ2v) is 3.08. The lowest BCUT2D eigenvalue weighted by atomic mass is 10.1. The van der Waals surface area contributed by atoms with E-state index < -0.39 is 5.97 Å². The molecule has 1 atom stereocenters. The minimum Gasteiger partial charge on any atom is -0.478 e. The van der Waals surface area contributed by atoms with Crippen LogP contribution in [0.15, 0.2) is 24.3 Å². The number of rotatable bonds is 4. The normalized spacial score (nSPS) is 11.7. The predicted molar refractivity (Wildman–Crippen MR) is 56.5 cm³/mol. The molecule has 78 valence electrons. The Morgan fingerprint density at radius 1 is 1.60 bits per heavy atom. The van der Waals surface area contributed by atoms with E-state index >= 15 is 0 Å². The van der Waals surface area contributed by atoms with Gasteiger partial charge in [0.25, 0.3) is 0 Å². The van der Waals surface area contributed by atoms with Crippen LogP contribution in [0.2, 0.25) is 0 Å². The van der Waals surface area contributed by atoms with Crippen molar-refractivity contribution in [1.29, 1.82) is 0 Å². The van der Waals surface area contributed by atoms with Gasteiger partial charge in [-0.2, -0.15) is 0 Å². The minimum absolute atomic E-state index is 0.216. The van der Waals surface area contributed by atoms with Gasteiger partial charge in [0.2, 0.25) is 0 Å². The van der Waals surface area contributed by atoms with Gasteiger partial charge in [-0.15, -0.1) is 6.42 Å². The topological polar surface area (TPSA) is 46.5 Å². The molecule has 0 saturated heterocycles. The van der Waals surface area contributed by atoms with E-state index in [9.17, 15) is 4.79 Å². The smallest absolute Gasteiger partial charge is 0.336 e. The van der Waals surface area contributed by atoms with E-state index in [0.29, 0.717) is 5.56 Å². The summed E-state index contributed by atoms with van der Waals surface area (Å²) in [6.07, 6.45) is 4.83. The van der Waals surface area contributed by atoms with Crippen molar-refractivity contribution in [3.05, 3.63) is 35.4 Å². The number of aromatic carboxylic acids is 1. The monoisotopic (exact) mass is 204 g/mol. The van der Waals surface area contributed by atoms with Gasteiger partial charge in [-0.3, -0.25) is 0 Å². The number of terminal acetylenes is 1. The molecule has 1 N–H and O–H groups in total. The number of carbonyl (C=O) groups is 1. The van der Waals surface area contributed by atoms with Crippen LogP contribution in [0, 0.1) is 12.3 Å². The van der Waals surface area contributed by atoms with Gasteiger partial charge in [-0.25, -0.2) is 4.79 Å². The highest BCUT2D eigenvalue weighted by Crippen LogP contribution is 2.10. The standard InChI is InChI=1S/C12H12O3/c1-3-9(2)15-8-10-6-4-5-7-11(10)12(13)14/h1,4-7,9H,8H2,2H3,(H,13,14). The lowest BCUT2D eigenvalue weighted by Crippen LogP contribution is -2.08.